The van der Waals surface area contributed by atoms with Crippen molar-refractivity contribution in [3.05, 3.63) is 16.9 Å². The van der Waals surface area contributed by atoms with Crippen LogP contribution in [0.15, 0.2) is 6.20 Å². The quantitative estimate of drug-likeness (QED) is 0.918. The molecule has 1 aromatic heterocycles. The van der Waals surface area contributed by atoms with E-state index in [4.69, 9.17) is 11.6 Å². The summed E-state index contributed by atoms with van der Waals surface area (Å²) in [5, 5.41) is 16.1. The fourth-order valence-corrected chi connectivity index (χ4v) is 3.85. The predicted molar refractivity (Wildman–Crippen MR) is 76.2 cm³/mol. The maximum Gasteiger partial charge on any atom is 0.118 e. The number of aliphatic hydroxyl groups is 1. The summed E-state index contributed by atoms with van der Waals surface area (Å²) in [7, 11) is 4.04. The number of nitrogens with zero attached hydrogens (tertiary/aromatic N) is 3. The minimum absolute atomic E-state index is 0.461. The van der Waals surface area contributed by atoms with Gasteiger partial charge in [-0.15, -0.1) is 0 Å². The Labute approximate surface area is 117 Å². The van der Waals surface area contributed by atoms with E-state index < -0.39 is 5.60 Å². The fraction of sp³-hybridized carbons (Fsp3) is 0.750. The van der Waals surface area contributed by atoms with Crippen molar-refractivity contribution in [1.82, 2.24) is 14.7 Å². The largest absolute Gasteiger partial charge is 0.383 e. The van der Waals surface area contributed by atoms with Crippen molar-refractivity contribution in [1.29, 1.82) is 0 Å². The first-order valence-corrected chi connectivity index (χ1v) is 7.55. The van der Waals surface area contributed by atoms with E-state index in [1.807, 2.05) is 18.8 Å². The summed E-state index contributed by atoms with van der Waals surface area (Å²) in [4.78, 5) is 2.09. The number of rotatable bonds is 4. The van der Waals surface area contributed by atoms with E-state index in [1.165, 1.54) is 0 Å². The van der Waals surface area contributed by atoms with Gasteiger partial charge in [-0.05, 0) is 20.5 Å². The van der Waals surface area contributed by atoms with Crippen molar-refractivity contribution >= 4 is 23.4 Å². The number of likely N-dealkylation sites (N-methyl/N-ethyl adjacent to an activating group) is 1. The molecule has 1 aliphatic heterocycles. The van der Waals surface area contributed by atoms with Crippen molar-refractivity contribution < 1.29 is 5.11 Å². The molecule has 1 saturated heterocycles. The second-order valence-corrected chi connectivity index (χ2v) is 7.06. The van der Waals surface area contributed by atoms with Gasteiger partial charge in [-0.2, -0.15) is 16.9 Å². The molecule has 2 unspecified atom stereocenters. The smallest absolute Gasteiger partial charge is 0.118 e. The number of hydrogen-bond acceptors (Lipinski definition) is 4. The monoisotopic (exact) mass is 289 g/mol. The first-order chi connectivity index (χ1) is 8.42. The van der Waals surface area contributed by atoms with Gasteiger partial charge in [-0.3, -0.25) is 4.68 Å². The van der Waals surface area contributed by atoms with Crippen LogP contribution in [0.2, 0.25) is 5.02 Å². The van der Waals surface area contributed by atoms with Crippen LogP contribution in [0.1, 0.15) is 19.0 Å². The molecule has 0 aromatic carbocycles. The van der Waals surface area contributed by atoms with Crippen LogP contribution in [0.25, 0.3) is 0 Å². The first kappa shape index (κ1) is 14.2. The minimum atomic E-state index is -0.829. The van der Waals surface area contributed by atoms with E-state index in [1.54, 1.807) is 18.0 Å². The summed E-state index contributed by atoms with van der Waals surface area (Å²) in [6, 6.07) is 0. The highest BCUT2D eigenvalue weighted by molar-refractivity contribution is 8.00. The van der Waals surface area contributed by atoms with Gasteiger partial charge in [-0.25, -0.2) is 0 Å². The van der Waals surface area contributed by atoms with Gasteiger partial charge in [0.25, 0.3) is 0 Å². The number of aromatic nitrogens is 2. The second-order valence-electron chi connectivity index (χ2n) is 5.22. The molecule has 102 valence electrons. The standard InChI is InChI=1S/C12H20ClN3OS/c1-9-6-12(17,8-18-9)11-10(13)7-14-16(11)5-4-15(2)3/h7,9,17H,4-6,8H2,1-3H3. The topological polar surface area (TPSA) is 41.3 Å². The van der Waals surface area contributed by atoms with Gasteiger partial charge in [0.15, 0.2) is 0 Å². The molecule has 0 aliphatic carbocycles. The Bertz CT molecular complexity index is 423. The lowest BCUT2D eigenvalue weighted by Crippen LogP contribution is -2.31. The van der Waals surface area contributed by atoms with Crippen molar-refractivity contribution in [3.8, 4) is 0 Å². The van der Waals surface area contributed by atoms with E-state index in [0.29, 0.717) is 16.0 Å². The van der Waals surface area contributed by atoms with Gasteiger partial charge < -0.3 is 10.0 Å². The average Bonchev–Trinajstić information content (AvgIpc) is 2.80. The molecule has 2 atom stereocenters. The van der Waals surface area contributed by atoms with Crippen LogP contribution in [0.4, 0.5) is 0 Å². The highest BCUT2D eigenvalue weighted by Crippen LogP contribution is 2.43. The lowest BCUT2D eigenvalue weighted by molar-refractivity contribution is 0.0511. The number of hydrogen-bond donors (Lipinski definition) is 1. The maximum atomic E-state index is 10.8. The highest BCUT2D eigenvalue weighted by atomic mass is 35.5. The lowest BCUT2D eigenvalue weighted by Gasteiger charge is -2.24. The van der Waals surface area contributed by atoms with Crippen LogP contribution in [-0.2, 0) is 12.1 Å². The van der Waals surface area contributed by atoms with Crippen molar-refractivity contribution in [2.75, 3.05) is 26.4 Å². The van der Waals surface area contributed by atoms with Gasteiger partial charge in [0, 0.05) is 17.5 Å². The van der Waals surface area contributed by atoms with Crippen LogP contribution < -0.4 is 0 Å². The molecule has 1 aromatic rings. The molecule has 2 heterocycles. The molecular weight excluding hydrogens is 270 g/mol. The van der Waals surface area contributed by atoms with E-state index in [2.05, 4.69) is 16.9 Å². The lowest BCUT2D eigenvalue weighted by atomic mass is 9.96. The van der Waals surface area contributed by atoms with Gasteiger partial charge in [0.1, 0.15) is 5.60 Å². The molecule has 1 N–H and O–H groups in total. The van der Waals surface area contributed by atoms with Crippen LogP contribution in [0, 0.1) is 0 Å². The molecule has 0 bridgehead atoms. The Morgan fingerprint density at radius 3 is 2.94 bits per heavy atom. The molecule has 1 fully saturated rings. The summed E-state index contributed by atoms with van der Waals surface area (Å²) < 4.78 is 1.85. The SMILES string of the molecule is CC1CC(O)(c2c(Cl)cnn2CCN(C)C)CS1. The van der Waals surface area contributed by atoms with E-state index >= 15 is 0 Å². The maximum absolute atomic E-state index is 10.8. The van der Waals surface area contributed by atoms with Crippen LogP contribution >= 0.6 is 23.4 Å². The zero-order chi connectivity index (χ0) is 13.3. The summed E-state index contributed by atoms with van der Waals surface area (Å²) >= 11 is 8.00. The summed E-state index contributed by atoms with van der Waals surface area (Å²) in [5.41, 5.74) is -0.0490. The summed E-state index contributed by atoms with van der Waals surface area (Å²) in [5.74, 6) is 0.696. The third-order valence-corrected chi connectivity index (χ3v) is 4.88. The fourth-order valence-electron chi connectivity index (χ4n) is 2.33. The predicted octanol–water partition coefficient (Wildman–Crippen LogP) is 1.81. The van der Waals surface area contributed by atoms with E-state index in [0.717, 1.165) is 25.2 Å². The Morgan fingerprint density at radius 2 is 2.39 bits per heavy atom. The molecular formula is C12H20ClN3OS. The molecule has 0 radical (unpaired) electrons. The van der Waals surface area contributed by atoms with Crippen LogP contribution in [-0.4, -0.2) is 51.4 Å². The zero-order valence-corrected chi connectivity index (χ0v) is 12.6. The molecule has 6 heteroatoms. The first-order valence-electron chi connectivity index (χ1n) is 6.13. The van der Waals surface area contributed by atoms with Crippen molar-refractivity contribution in [2.24, 2.45) is 0 Å². The van der Waals surface area contributed by atoms with E-state index in [-0.39, 0.29) is 0 Å². The van der Waals surface area contributed by atoms with Crippen LogP contribution in [0.5, 0.6) is 0 Å². The van der Waals surface area contributed by atoms with Gasteiger partial charge in [-0.1, -0.05) is 18.5 Å². The van der Waals surface area contributed by atoms with Gasteiger partial charge >= 0.3 is 0 Å². The third kappa shape index (κ3) is 2.85. The Hall–Kier alpha value is -0.230. The van der Waals surface area contributed by atoms with Crippen LogP contribution in [0.3, 0.4) is 0 Å². The minimum Gasteiger partial charge on any atom is -0.383 e. The number of thioether (sulfide) groups is 1. The number of halogens is 1. The Morgan fingerprint density at radius 1 is 1.67 bits per heavy atom. The molecule has 1 aliphatic rings. The Kier molecular flexibility index (Phi) is 4.26. The summed E-state index contributed by atoms with van der Waals surface area (Å²) in [6.45, 7) is 3.76. The molecule has 0 spiro atoms. The molecule has 4 nitrogen and oxygen atoms in total. The normalized spacial score (nSPS) is 28.2. The zero-order valence-electron chi connectivity index (χ0n) is 11.1. The molecule has 18 heavy (non-hydrogen) atoms. The molecule has 0 saturated carbocycles. The molecule has 2 rings (SSSR count). The van der Waals surface area contributed by atoms with Crippen molar-refractivity contribution in [3.63, 3.8) is 0 Å². The van der Waals surface area contributed by atoms with Gasteiger partial charge in [0.2, 0.25) is 0 Å². The third-order valence-electron chi connectivity index (χ3n) is 3.23. The Balaban J connectivity index is 2.23. The summed E-state index contributed by atoms with van der Waals surface area (Å²) in [6.07, 6.45) is 2.38. The second kappa shape index (κ2) is 5.41. The van der Waals surface area contributed by atoms with Gasteiger partial charge in [0.05, 0.1) is 23.5 Å². The molecule has 0 amide bonds. The van der Waals surface area contributed by atoms with Crippen molar-refractivity contribution in [2.45, 2.75) is 30.7 Å². The van der Waals surface area contributed by atoms with E-state index in [9.17, 15) is 5.11 Å². The average molecular weight is 290 g/mol. The highest BCUT2D eigenvalue weighted by Gasteiger charge is 2.41.